The lowest BCUT2D eigenvalue weighted by Crippen LogP contribution is -2.35. The molecule has 0 spiro atoms. The van der Waals surface area contributed by atoms with Crippen LogP contribution >= 0.6 is 0 Å². The van der Waals surface area contributed by atoms with Crippen molar-refractivity contribution in [2.75, 3.05) is 23.6 Å². The van der Waals surface area contributed by atoms with E-state index in [4.69, 9.17) is 0 Å². The first-order valence-corrected chi connectivity index (χ1v) is 9.61. The first-order valence-electron chi connectivity index (χ1n) is 7.96. The minimum absolute atomic E-state index is 0.226. The average Bonchev–Trinajstić information content (AvgIpc) is 2.48. The van der Waals surface area contributed by atoms with Gasteiger partial charge >= 0.3 is 0 Å². The van der Waals surface area contributed by atoms with Crippen molar-refractivity contribution in [2.24, 2.45) is 5.92 Å². The van der Waals surface area contributed by atoms with Gasteiger partial charge in [-0.15, -0.1) is 0 Å². The smallest absolute Gasteiger partial charge is 0.233 e. The van der Waals surface area contributed by atoms with E-state index >= 15 is 0 Å². The van der Waals surface area contributed by atoms with Crippen LogP contribution in [0.2, 0.25) is 0 Å². The third kappa shape index (κ3) is 3.77. The Balaban J connectivity index is 1.73. The highest BCUT2D eigenvalue weighted by Crippen LogP contribution is 2.28. The van der Waals surface area contributed by atoms with Gasteiger partial charge in [-0.2, -0.15) is 0 Å². The molecule has 1 unspecified atom stereocenters. The molecule has 2 N–H and O–H groups in total. The summed E-state index contributed by atoms with van der Waals surface area (Å²) in [4.78, 5) is 0. The molecule has 21 heavy (non-hydrogen) atoms. The zero-order valence-corrected chi connectivity index (χ0v) is 13.2. The normalized spacial score (nSPS) is 22.6. The van der Waals surface area contributed by atoms with E-state index in [2.05, 4.69) is 16.1 Å². The molecule has 1 aromatic rings. The van der Waals surface area contributed by atoms with Crippen molar-refractivity contribution in [1.29, 1.82) is 0 Å². The second-order valence-electron chi connectivity index (χ2n) is 6.25. The number of anilines is 1. The van der Waals surface area contributed by atoms with Crippen LogP contribution in [0, 0.1) is 5.92 Å². The monoisotopic (exact) mass is 308 g/mol. The van der Waals surface area contributed by atoms with Crippen LogP contribution in [-0.2, 0) is 22.9 Å². The minimum atomic E-state index is -3.26. The maximum absolute atomic E-state index is 12.4. The van der Waals surface area contributed by atoms with Crippen molar-refractivity contribution in [3.8, 4) is 0 Å². The summed E-state index contributed by atoms with van der Waals surface area (Å²) in [5.74, 6) is 0.458. The van der Waals surface area contributed by atoms with Crippen LogP contribution in [0.25, 0.3) is 0 Å². The van der Waals surface area contributed by atoms with Gasteiger partial charge in [0.05, 0.1) is 11.4 Å². The van der Waals surface area contributed by atoms with Crippen LogP contribution in [0.3, 0.4) is 0 Å². The Bertz CT molecular complexity index is 592. The van der Waals surface area contributed by atoms with Gasteiger partial charge in [-0.25, -0.2) is 8.42 Å². The van der Waals surface area contributed by atoms with Gasteiger partial charge in [-0.3, -0.25) is 4.72 Å². The van der Waals surface area contributed by atoms with Crippen LogP contribution in [0.15, 0.2) is 18.2 Å². The van der Waals surface area contributed by atoms with Gasteiger partial charge in [0.25, 0.3) is 0 Å². The molecule has 0 aromatic heterocycles. The predicted molar refractivity (Wildman–Crippen MR) is 86.1 cm³/mol. The standard InChI is InChI=1S/C16H24N2O2S/c19-21(20,12-13-5-4-10-17-11-13)18-16-9-3-7-14-6-1-2-8-15(14)16/h3,7,9,13,17-18H,1-2,4-6,8,10-12H2. The maximum Gasteiger partial charge on any atom is 0.233 e. The molecule has 3 rings (SSSR count). The van der Waals surface area contributed by atoms with E-state index in [-0.39, 0.29) is 11.7 Å². The molecule has 116 valence electrons. The van der Waals surface area contributed by atoms with E-state index < -0.39 is 10.0 Å². The van der Waals surface area contributed by atoms with Gasteiger partial charge < -0.3 is 5.32 Å². The number of hydrogen-bond donors (Lipinski definition) is 2. The summed E-state index contributed by atoms with van der Waals surface area (Å²) in [6, 6.07) is 5.99. The first kappa shape index (κ1) is 14.9. The van der Waals surface area contributed by atoms with Crippen molar-refractivity contribution in [2.45, 2.75) is 38.5 Å². The number of fused-ring (bicyclic) bond motifs is 1. The molecule has 4 nitrogen and oxygen atoms in total. The van der Waals surface area contributed by atoms with Crippen LogP contribution in [0.4, 0.5) is 5.69 Å². The molecule has 0 saturated carbocycles. The zero-order chi connectivity index (χ0) is 14.7. The molecule has 2 aliphatic rings. The Morgan fingerprint density at radius 2 is 2.05 bits per heavy atom. The number of sulfonamides is 1. The number of rotatable bonds is 4. The van der Waals surface area contributed by atoms with E-state index in [1.807, 2.05) is 12.1 Å². The fourth-order valence-electron chi connectivity index (χ4n) is 3.46. The van der Waals surface area contributed by atoms with Crippen molar-refractivity contribution in [3.05, 3.63) is 29.3 Å². The number of aryl methyl sites for hydroxylation is 1. The third-order valence-corrected chi connectivity index (χ3v) is 5.96. The van der Waals surface area contributed by atoms with E-state index in [1.165, 1.54) is 17.5 Å². The Labute approximate surface area is 127 Å². The van der Waals surface area contributed by atoms with Gasteiger partial charge in [0.15, 0.2) is 0 Å². The fourth-order valence-corrected chi connectivity index (χ4v) is 4.98. The molecular formula is C16H24N2O2S. The van der Waals surface area contributed by atoms with Crippen molar-refractivity contribution in [1.82, 2.24) is 5.32 Å². The van der Waals surface area contributed by atoms with Gasteiger partial charge in [-0.1, -0.05) is 12.1 Å². The van der Waals surface area contributed by atoms with E-state index in [0.29, 0.717) is 0 Å². The van der Waals surface area contributed by atoms with Gasteiger partial charge in [0.2, 0.25) is 10.0 Å². The lowest BCUT2D eigenvalue weighted by Gasteiger charge is -2.24. The molecule has 0 radical (unpaired) electrons. The highest BCUT2D eigenvalue weighted by atomic mass is 32.2. The molecule has 1 aliphatic heterocycles. The Morgan fingerprint density at radius 1 is 1.19 bits per heavy atom. The lowest BCUT2D eigenvalue weighted by molar-refractivity contribution is 0.404. The Hall–Kier alpha value is -1.07. The topological polar surface area (TPSA) is 58.2 Å². The summed E-state index contributed by atoms with van der Waals surface area (Å²) in [6.45, 7) is 1.82. The summed E-state index contributed by atoms with van der Waals surface area (Å²) < 4.78 is 27.7. The lowest BCUT2D eigenvalue weighted by atomic mass is 9.91. The number of benzene rings is 1. The largest absolute Gasteiger partial charge is 0.316 e. The third-order valence-electron chi connectivity index (χ3n) is 4.52. The molecule has 0 bridgehead atoms. The summed E-state index contributed by atoms with van der Waals surface area (Å²) >= 11 is 0. The molecule has 1 heterocycles. The second kappa shape index (κ2) is 6.36. The molecule has 1 atom stereocenters. The van der Waals surface area contributed by atoms with Crippen LogP contribution in [0.1, 0.15) is 36.8 Å². The number of nitrogens with one attached hydrogen (secondary N) is 2. The number of hydrogen-bond acceptors (Lipinski definition) is 3. The van der Waals surface area contributed by atoms with Gasteiger partial charge in [0.1, 0.15) is 0 Å². The molecule has 1 fully saturated rings. The quantitative estimate of drug-likeness (QED) is 0.897. The van der Waals surface area contributed by atoms with E-state index in [1.54, 1.807) is 0 Å². The van der Waals surface area contributed by atoms with Crippen LogP contribution in [-0.4, -0.2) is 27.3 Å². The minimum Gasteiger partial charge on any atom is -0.316 e. The fraction of sp³-hybridized carbons (Fsp3) is 0.625. The van der Waals surface area contributed by atoms with Crippen LogP contribution < -0.4 is 10.0 Å². The summed E-state index contributed by atoms with van der Waals surface area (Å²) in [7, 11) is -3.26. The predicted octanol–water partition coefficient (Wildman–Crippen LogP) is 2.31. The van der Waals surface area contributed by atoms with E-state index in [0.717, 1.165) is 50.9 Å². The maximum atomic E-state index is 12.4. The summed E-state index contributed by atoms with van der Waals surface area (Å²) in [5, 5.41) is 3.28. The molecule has 5 heteroatoms. The first-order chi connectivity index (χ1) is 10.1. The molecule has 1 aliphatic carbocycles. The van der Waals surface area contributed by atoms with Crippen molar-refractivity contribution >= 4 is 15.7 Å². The highest BCUT2D eigenvalue weighted by molar-refractivity contribution is 7.92. The Morgan fingerprint density at radius 3 is 2.86 bits per heavy atom. The SMILES string of the molecule is O=S(=O)(CC1CCCNC1)Nc1cccc2c1CCCC2. The molecule has 1 aromatic carbocycles. The molecular weight excluding hydrogens is 284 g/mol. The van der Waals surface area contributed by atoms with Gasteiger partial charge in [-0.05, 0) is 74.7 Å². The Kier molecular flexibility index (Phi) is 4.50. The number of piperidine rings is 1. The molecule has 0 amide bonds. The van der Waals surface area contributed by atoms with E-state index in [9.17, 15) is 8.42 Å². The van der Waals surface area contributed by atoms with Crippen molar-refractivity contribution < 1.29 is 8.42 Å². The summed E-state index contributed by atoms with van der Waals surface area (Å²) in [5.41, 5.74) is 3.31. The molecule has 1 saturated heterocycles. The summed E-state index contributed by atoms with van der Waals surface area (Å²) in [6.07, 6.45) is 6.48. The zero-order valence-electron chi connectivity index (χ0n) is 12.4. The van der Waals surface area contributed by atoms with Crippen molar-refractivity contribution in [3.63, 3.8) is 0 Å². The van der Waals surface area contributed by atoms with Crippen LogP contribution in [0.5, 0.6) is 0 Å². The second-order valence-corrected chi connectivity index (χ2v) is 8.01. The average molecular weight is 308 g/mol. The van der Waals surface area contributed by atoms with Gasteiger partial charge in [0, 0.05) is 0 Å². The highest BCUT2D eigenvalue weighted by Gasteiger charge is 2.22.